The summed E-state index contributed by atoms with van der Waals surface area (Å²) in [6.45, 7) is 2.86. The summed E-state index contributed by atoms with van der Waals surface area (Å²) in [6.07, 6.45) is 1.77. The number of benzene rings is 2. The second-order valence-electron chi connectivity index (χ2n) is 8.47. The van der Waals surface area contributed by atoms with E-state index in [1.165, 1.54) is 24.3 Å². The average Bonchev–Trinajstić information content (AvgIpc) is 2.83. The summed E-state index contributed by atoms with van der Waals surface area (Å²) in [5, 5.41) is 0. The van der Waals surface area contributed by atoms with Crippen molar-refractivity contribution in [2.45, 2.75) is 30.2 Å². The second kappa shape index (κ2) is 9.32. The van der Waals surface area contributed by atoms with Gasteiger partial charge in [-0.2, -0.15) is 0 Å². The van der Waals surface area contributed by atoms with E-state index in [0.717, 1.165) is 0 Å². The fourth-order valence-corrected chi connectivity index (χ4v) is 5.60. The Morgan fingerprint density at radius 2 is 1.85 bits per heavy atom. The highest BCUT2D eigenvalue weighted by Crippen LogP contribution is 2.32. The molecule has 3 aromatic rings. The molecule has 2 aliphatic heterocycles. The Labute approximate surface area is 196 Å². The Hall–Kier alpha value is -3.02. The molecule has 0 saturated carbocycles. The molecule has 2 aromatic carbocycles. The molecule has 11 heteroatoms. The fourth-order valence-electron chi connectivity index (χ4n) is 4.28. The van der Waals surface area contributed by atoms with Gasteiger partial charge in [-0.05, 0) is 56.3 Å². The number of nitrogens with zero attached hydrogens (tertiary/aromatic N) is 2. The van der Waals surface area contributed by atoms with Crippen molar-refractivity contribution < 1.29 is 22.3 Å². The summed E-state index contributed by atoms with van der Waals surface area (Å²) in [6, 6.07) is 8.57. The highest BCUT2D eigenvalue weighted by atomic mass is 32.2. The molecule has 0 amide bonds. The van der Waals surface area contributed by atoms with E-state index in [0.29, 0.717) is 80.3 Å². The number of piperidine rings is 1. The minimum absolute atomic E-state index is 0.153. The van der Waals surface area contributed by atoms with E-state index in [1.807, 2.05) is 0 Å². The number of H-pyrrole nitrogens is 1. The third-order valence-electron chi connectivity index (χ3n) is 6.12. The largest absolute Gasteiger partial charge is 0.486 e. The number of sulfonamides is 1. The standard InChI is InChI=1S/C23H25FN4O5S/c24-15-1-3-18-20(13-15)26-23(29)19(25-18)7-10-28-8-5-16(6-9-28)27-34(30,31)17-2-4-21-22(14-17)33-12-11-32-21/h1-4,13-14,16,27H,5-12H2,(H,26,29). The summed E-state index contributed by atoms with van der Waals surface area (Å²) in [7, 11) is -3.68. The van der Waals surface area contributed by atoms with Crippen molar-refractivity contribution >= 4 is 21.1 Å². The summed E-state index contributed by atoms with van der Waals surface area (Å²) in [4.78, 5) is 21.7. The Bertz CT molecular complexity index is 1370. The van der Waals surface area contributed by atoms with Gasteiger partial charge in [0.15, 0.2) is 11.5 Å². The van der Waals surface area contributed by atoms with Crippen molar-refractivity contribution in [1.29, 1.82) is 0 Å². The lowest BCUT2D eigenvalue weighted by Gasteiger charge is -2.32. The smallest absolute Gasteiger partial charge is 0.270 e. The average molecular weight is 489 g/mol. The molecule has 2 aliphatic rings. The van der Waals surface area contributed by atoms with Gasteiger partial charge in [0.1, 0.15) is 24.7 Å². The molecule has 5 rings (SSSR count). The molecule has 2 N–H and O–H groups in total. The van der Waals surface area contributed by atoms with Gasteiger partial charge in [0.2, 0.25) is 10.0 Å². The van der Waals surface area contributed by atoms with Crippen molar-refractivity contribution in [3.63, 3.8) is 0 Å². The van der Waals surface area contributed by atoms with Crippen molar-refractivity contribution in [1.82, 2.24) is 19.6 Å². The quantitative estimate of drug-likeness (QED) is 0.544. The molecule has 0 aliphatic carbocycles. The molecule has 0 radical (unpaired) electrons. The predicted octanol–water partition coefficient (Wildman–Crippen LogP) is 1.82. The first-order valence-electron chi connectivity index (χ1n) is 11.2. The van der Waals surface area contributed by atoms with Gasteiger partial charge in [-0.3, -0.25) is 4.79 Å². The monoisotopic (exact) mass is 488 g/mol. The zero-order valence-electron chi connectivity index (χ0n) is 18.4. The highest BCUT2D eigenvalue weighted by molar-refractivity contribution is 7.89. The maximum Gasteiger partial charge on any atom is 0.270 e. The van der Waals surface area contributed by atoms with Crippen molar-refractivity contribution in [3.05, 3.63) is 58.3 Å². The second-order valence-corrected chi connectivity index (χ2v) is 10.2. The lowest BCUT2D eigenvalue weighted by atomic mass is 10.1. The van der Waals surface area contributed by atoms with Crippen molar-refractivity contribution in [3.8, 4) is 11.5 Å². The van der Waals surface area contributed by atoms with Gasteiger partial charge in [0, 0.05) is 25.1 Å². The minimum Gasteiger partial charge on any atom is -0.486 e. The number of aromatic amines is 1. The van der Waals surface area contributed by atoms with Gasteiger partial charge in [-0.25, -0.2) is 22.5 Å². The van der Waals surface area contributed by atoms with Crippen LogP contribution < -0.4 is 19.8 Å². The van der Waals surface area contributed by atoms with Crippen LogP contribution in [0.15, 0.2) is 46.1 Å². The van der Waals surface area contributed by atoms with E-state index in [9.17, 15) is 17.6 Å². The summed E-state index contributed by atoms with van der Waals surface area (Å²) in [5.41, 5.74) is 1.00. The maximum absolute atomic E-state index is 13.3. The fraction of sp³-hybridized carbons (Fsp3) is 0.391. The third kappa shape index (κ3) is 4.91. The van der Waals surface area contributed by atoms with Gasteiger partial charge >= 0.3 is 0 Å². The predicted molar refractivity (Wildman–Crippen MR) is 123 cm³/mol. The van der Waals surface area contributed by atoms with Gasteiger partial charge < -0.3 is 19.4 Å². The molecule has 1 aromatic heterocycles. The number of nitrogens with one attached hydrogen (secondary N) is 2. The van der Waals surface area contributed by atoms with Crippen LogP contribution >= 0.6 is 0 Å². The molecule has 1 fully saturated rings. The van der Waals surface area contributed by atoms with Gasteiger partial charge in [-0.15, -0.1) is 0 Å². The molecule has 180 valence electrons. The Balaban J connectivity index is 1.16. The molecule has 0 spiro atoms. The lowest BCUT2D eigenvalue weighted by molar-refractivity contribution is 0.171. The normalized spacial score (nSPS) is 17.2. The van der Waals surface area contributed by atoms with Crippen LogP contribution in [0.5, 0.6) is 11.5 Å². The summed E-state index contributed by atoms with van der Waals surface area (Å²) in [5.74, 6) is 0.557. The number of likely N-dealkylation sites (tertiary alicyclic amines) is 1. The summed E-state index contributed by atoms with van der Waals surface area (Å²) < 4.78 is 52.8. The van der Waals surface area contributed by atoms with Gasteiger partial charge in [-0.1, -0.05) is 0 Å². The third-order valence-corrected chi connectivity index (χ3v) is 7.64. The van der Waals surface area contributed by atoms with E-state index < -0.39 is 15.8 Å². The van der Waals surface area contributed by atoms with E-state index in [2.05, 4.69) is 19.6 Å². The molecule has 0 unspecified atom stereocenters. The van der Waals surface area contributed by atoms with Crippen molar-refractivity contribution in [2.24, 2.45) is 0 Å². The first-order valence-corrected chi connectivity index (χ1v) is 12.7. The molecule has 0 bridgehead atoms. The number of hydrogen-bond acceptors (Lipinski definition) is 7. The van der Waals surface area contributed by atoms with Gasteiger partial charge in [0.25, 0.3) is 5.56 Å². The van der Waals surface area contributed by atoms with E-state index in [1.54, 1.807) is 12.1 Å². The molecule has 0 atom stereocenters. The van der Waals surface area contributed by atoms with Crippen LogP contribution in [0.3, 0.4) is 0 Å². The molecule has 3 heterocycles. The molecule has 34 heavy (non-hydrogen) atoms. The number of fused-ring (bicyclic) bond motifs is 2. The highest BCUT2D eigenvalue weighted by Gasteiger charge is 2.26. The first-order chi connectivity index (χ1) is 16.4. The van der Waals surface area contributed by atoms with Crippen LogP contribution in [0.2, 0.25) is 0 Å². The van der Waals surface area contributed by atoms with Crippen LogP contribution in [0.25, 0.3) is 11.0 Å². The van der Waals surface area contributed by atoms with Crippen LogP contribution in [0, 0.1) is 5.82 Å². The molecule has 1 saturated heterocycles. The number of rotatable bonds is 6. The zero-order valence-corrected chi connectivity index (χ0v) is 19.2. The Morgan fingerprint density at radius 1 is 1.09 bits per heavy atom. The molecular formula is C23H25FN4O5S. The number of halogens is 1. The Kier molecular flexibility index (Phi) is 6.24. The van der Waals surface area contributed by atoms with Crippen LogP contribution in [0.4, 0.5) is 4.39 Å². The molecular weight excluding hydrogens is 463 g/mol. The number of hydrogen-bond donors (Lipinski definition) is 2. The van der Waals surface area contributed by atoms with Gasteiger partial charge in [0.05, 0.1) is 15.9 Å². The Morgan fingerprint density at radius 3 is 2.65 bits per heavy atom. The zero-order chi connectivity index (χ0) is 23.7. The number of ether oxygens (including phenoxy) is 2. The number of aromatic nitrogens is 2. The first kappa shape index (κ1) is 22.8. The molecule has 9 nitrogen and oxygen atoms in total. The summed E-state index contributed by atoms with van der Waals surface area (Å²) >= 11 is 0. The topological polar surface area (TPSA) is 114 Å². The maximum atomic E-state index is 13.3. The van der Waals surface area contributed by atoms with E-state index in [-0.39, 0.29) is 16.5 Å². The minimum atomic E-state index is -3.68. The van der Waals surface area contributed by atoms with E-state index >= 15 is 0 Å². The SMILES string of the molecule is O=c1[nH]c2cc(F)ccc2nc1CCN1CCC(NS(=O)(=O)c2ccc3c(c2)OCCO3)CC1. The van der Waals surface area contributed by atoms with E-state index in [4.69, 9.17) is 9.47 Å². The van der Waals surface area contributed by atoms with Crippen molar-refractivity contribution in [2.75, 3.05) is 32.8 Å². The van der Waals surface area contributed by atoms with Crippen LogP contribution in [0.1, 0.15) is 18.5 Å². The lowest BCUT2D eigenvalue weighted by Crippen LogP contribution is -2.45. The van der Waals surface area contributed by atoms with Crippen LogP contribution in [-0.4, -0.2) is 62.2 Å². The van der Waals surface area contributed by atoms with Crippen LogP contribution in [-0.2, 0) is 16.4 Å².